The standard InChI is InChI=1S/C39H30N3O2P/c1-45(33-18-9-4-10-19-33)35-26-23-29-13-11-12-20-34(29)36(35)39-40-37(30-14-5-2-6-15-30)38(31-16-7-3-8-17-31)41(39)27-28-21-24-32(25-22-28)42(43)44/h2-26H,27H2,1H3. The fourth-order valence-electron chi connectivity index (χ4n) is 5.95. The van der Waals surface area contributed by atoms with Gasteiger partial charge in [0.1, 0.15) is 5.82 Å². The Morgan fingerprint density at radius 1 is 0.689 bits per heavy atom. The van der Waals surface area contributed by atoms with Gasteiger partial charge >= 0.3 is 0 Å². The van der Waals surface area contributed by atoms with E-state index in [2.05, 4.69) is 114 Å². The predicted molar refractivity (Wildman–Crippen MR) is 187 cm³/mol. The Labute approximate surface area is 263 Å². The number of hydrogen-bond acceptors (Lipinski definition) is 3. The molecule has 0 bridgehead atoms. The molecule has 0 N–H and O–H groups in total. The van der Waals surface area contributed by atoms with E-state index in [0.29, 0.717) is 6.54 Å². The summed E-state index contributed by atoms with van der Waals surface area (Å²) in [5.74, 6) is 0.878. The SMILES string of the molecule is CP(c1ccccc1)c1ccc2ccccc2c1-c1nc(-c2ccccc2)c(-c2ccccc2)n1Cc1ccc([N+](=O)[O-])cc1. The first-order valence-electron chi connectivity index (χ1n) is 14.8. The fourth-order valence-corrected chi connectivity index (χ4v) is 7.71. The zero-order valence-corrected chi connectivity index (χ0v) is 25.6. The molecule has 7 aromatic rings. The van der Waals surface area contributed by atoms with Crippen molar-refractivity contribution in [2.75, 3.05) is 6.66 Å². The van der Waals surface area contributed by atoms with Crippen LogP contribution in [0.5, 0.6) is 0 Å². The van der Waals surface area contributed by atoms with Crippen molar-refractivity contribution in [2.24, 2.45) is 0 Å². The van der Waals surface area contributed by atoms with Crippen LogP contribution in [0, 0.1) is 10.1 Å². The van der Waals surface area contributed by atoms with E-state index in [-0.39, 0.29) is 10.6 Å². The summed E-state index contributed by atoms with van der Waals surface area (Å²) in [5, 5.41) is 16.3. The molecule has 0 amide bonds. The molecule has 0 radical (unpaired) electrons. The minimum atomic E-state index is -0.709. The molecule has 7 rings (SSSR count). The summed E-state index contributed by atoms with van der Waals surface area (Å²) in [6.45, 7) is 2.81. The molecule has 0 spiro atoms. The minimum Gasteiger partial charge on any atom is -0.319 e. The number of nitro benzene ring substituents is 1. The Balaban J connectivity index is 1.56. The molecule has 0 aliphatic heterocycles. The van der Waals surface area contributed by atoms with Crippen molar-refractivity contribution in [3.63, 3.8) is 0 Å². The maximum absolute atomic E-state index is 11.4. The highest BCUT2D eigenvalue weighted by molar-refractivity contribution is 7.72. The number of aromatic nitrogens is 2. The summed E-state index contributed by atoms with van der Waals surface area (Å²) >= 11 is 0. The first-order chi connectivity index (χ1) is 22.1. The van der Waals surface area contributed by atoms with E-state index in [1.807, 2.05) is 36.4 Å². The van der Waals surface area contributed by atoms with Crippen molar-refractivity contribution in [1.82, 2.24) is 9.55 Å². The third-order valence-corrected chi connectivity index (χ3v) is 10.4. The first-order valence-corrected chi connectivity index (χ1v) is 16.6. The molecule has 0 fully saturated rings. The minimum absolute atomic E-state index is 0.0775. The predicted octanol–water partition coefficient (Wildman–Crippen LogP) is 9.06. The van der Waals surface area contributed by atoms with Crippen LogP contribution in [-0.2, 0) is 6.54 Å². The van der Waals surface area contributed by atoms with E-state index < -0.39 is 7.92 Å². The van der Waals surface area contributed by atoms with E-state index in [9.17, 15) is 10.1 Å². The number of nitrogens with zero attached hydrogens (tertiary/aromatic N) is 3. The molecule has 1 aromatic heterocycles. The van der Waals surface area contributed by atoms with Crippen LogP contribution in [0.25, 0.3) is 44.7 Å². The molecule has 45 heavy (non-hydrogen) atoms. The highest BCUT2D eigenvalue weighted by atomic mass is 31.1. The van der Waals surface area contributed by atoms with Gasteiger partial charge in [-0.1, -0.05) is 140 Å². The molecule has 1 atom stereocenters. The first kappa shape index (κ1) is 28.4. The Morgan fingerprint density at radius 2 is 1.29 bits per heavy atom. The van der Waals surface area contributed by atoms with Gasteiger partial charge in [0, 0.05) is 35.4 Å². The van der Waals surface area contributed by atoms with E-state index in [4.69, 9.17) is 4.98 Å². The van der Waals surface area contributed by atoms with Crippen LogP contribution in [0.1, 0.15) is 5.56 Å². The average Bonchev–Trinajstić information content (AvgIpc) is 3.47. The lowest BCUT2D eigenvalue weighted by Crippen LogP contribution is -2.16. The summed E-state index contributed by atoms with van der Waals surface area (Å²) in [6.07, 6.45) is 0. The zero-order chi connectivity index (χ0) is 30.8. The summed E-state index contributed by atoms with van der Waals surface area (Å²) < 4.78 is 2.30. The van der Waals surface area contributed by atoms with Gasteiger partial charge in [0.2, 0.25) is 0 Å². The van der Waals surface area contributed by atoms with Crippen molar-refractivity contribution < 1.29 is 4.92 Å². The summed E-state index contributed by atoms with van der Waals surface area (Å²) in [6, 6.07) is 51.2. The summed E-state index contributed by atoms with van der Waals surface area (Å²) in [5.41, 5.74) is 6.15. The van der Waals surface area contributed by atoms with Gasteiger partial charge in [-0.25, -0.2) is 4.98 Å². The zero-order valence-electron chi connectivity index (χ0n) is 24.7. The number of benzene rings is 6. The Hall–Kier alpha value is -5.38. The maximum Gasteiger partial charge on any atom is 0.269 e. The molecule has 6 aromatic carbocycles. The van der Waals surface area contributed by atoms with Crippen LogP contribution in [0.15, 0.2) is 152 Å². The third-order valence-electron chi connectivity index (χ3n) is 8.19. The number of fused-ring (bicyclic) bond motifs is 1. The number of hydrogen-bond donors (Lipinski definition) is 0. The van der Waals surface area contributed by atoms with Gasteiger partial charge in [-0.3, -0.25) is 10.1 Å². The lowest BCUT2D eigenvalue weighted by atomic mass is 10.0. The topological polar surface area (TPSA) is 61.0 Å². The fraction of sp³-hybridized carbons (Fsp3) is 0.0513. The average molecular weight is 604 g/mol. The quantitative estimate of drug-likeness (QED) is 0.0989. The molecule has 0 saturated heterocycles. The van der Waals surface area contributed by atoms with E-state index >= 15 is 0 Å². The van der Waals surface area contributed by atoms with Crippen LogP contribution in [-0.4, -0.2) is 21.1 Å². The van der Waals surface area contributed by atoms with Crippen molar-refractivity contribution in [1.29, 1.82) is 0 Å². The second kappa shape index (κ2) is 12.3. The smallest absolute Gasteiger partial charge is 0.269 e. The van der Waals surface area contributed by atoms with Crippen LogP contribution in [0.4, 0.5) is 5.69 Å². The van der Waals surface area contributed by atoms with Crippen molar-refractivity contribution in [3.8, 4) is 33.9 Å². The second-order valence-corrected chi connectivity index (χ2v) is 13.1. The van der Waals surface area contributed by atoms with Gasteiger partial charge in [0.25, 0.3) is 5.69 Å². The Bertz CT molecular complexity index is 2110. The Morgan fingerprint density at radius 3 is 1.96 bits per heavy atom. The largest absolute Gasteiger partial charge is 0.319 e. The van der Waals surface area contributed by atoms with Crippen molar-refractivity contribution in [2.45, 2.75) is 6.54 Å². The number of non-ortho nitro benzene ring substituents is 1. The van der Waals surface area contributed by atoms with Crippen LogP contribution in [0.3, 0.4) is 0 Å². The van der Waals surface area contributed by atoms with Gasteiger partial charge in [-0.15, -0.1) is 0 Å². The molecule has 218 valence electrons. The highest BCUT2D eigenvalue weighted by Crippen LogP contribution is 2.42. The van der Waals surface area contributed by atoms with E-state index in [0.717, 1.165) is 50.2 Å². The molecular weight excluding hydrogens is 573 g/mol. The molecule has 1 unspecified atom stereocenters. The Kier molecular flexibility index (Phi) is 7.77. The molecule has 5 nitrogen and oxygen atoms in total. The van der Waals surface area contributed by atoms with Crippen molar-refractivity contribution in [3.05, 3.63) is 167 Å². The maximum atomic E-state index is 11.4. The van der Waals surface area contributed by atoms with Gasteiger partial charge < -0.3 is 4.57 Å². The molecule has 0 saturated carbocycles. The lowest BCUT2D eigenvalue weighted by molar-refractivity contribution is -0.384. The van der Waals surface area contributed by atoms with Gasteiger partial charge in [0.15, 0.2) is 0 Å². The van der Waals surface area contributed by atoms with Gasteiger partial charge in [-0.2, -0.15) is 0 Å². The molecular formula is C39H30N3O2P. The molecule has 0 aliphatic rings. The lowest BCUT2D eigenvalue weighted by Gasteiger charge is -2.21. The number of rotatable bonds is 8. The molecule has 6 heteroatoms. The summed E-state index contributed by atoms with van der Waals surface area (Å²) in [4.78, 5) is 16.6. The monoisotopic (exact) mass is 603 g/mol. The number of imidazole rings is 1. The van der Waals surface area contributed by atoms with Crippen LogP contribution in [0.2, 0.25) is 0 Å². The van der Waals surface area contributed by atoms with Crippen LogP contribution >= 0.6 is 7.92 Å². The van der Waals surface area contributed by atoms with E-state index in [1.54, 1.807) is 12.1 Å². The summed E-state index contributed by atoms with van der Waals surface area (Å²) in [7, 11) is -0.709. The van der Waals surface area contributed by atoms with E-state index in [1.165, 1.54) is 10.6 Å². The van der Waals surface area contributed by atoms with Gasteiger partial charge in [0.05, 0.1) is 16.3 Å². The van der Waals surface area contributed by atoms with Crippen molar-refractivity contribution >= 4 is 35.0 Å². The number of nitro groups is 1. The third kappa shape index (κ3) is 5.55. The van der Waals surface area contributed by atoms with Crippen LogP contribution < -0.4 is 10.6 Å². The second-order valence-electron chi connectivity index (χ2n) is 10.9. The van der Waals surface area contributed by atoms with Gasteiger partial charge in [-0.05, 0) is 41.5 Å². The highest BCUT2D eigenvalue weighted by Gasteiger charge is 2.26. The molecule has 0 aliphatic carbocycles. The molecule has 1 heterocycles. The normalized spacial score (nSPS) is 11.8.